The van der Waals surface area contributed by atoms with Crippen LogP contribution >= 0.6 is 0 Å². The molecule has 0 aromatic heterocycles. The van der Waals surface area contributed by atoms with Crippen molar-refractivity contribution in [2.24, 2.45) is 0 Å². The van der Waals surface area contributed by atoms with E-state index in [1.54, 1.807) is 0 Å². The van der Waals surface area contributed by atoms with Crippen LogP contribution in [0.15, 0.2) is 0 Å². The van der Waals surface area contributed by atoms with Gasteiger partial charge in [-0.2, -0.15) is 0 Å². The SMILES string of the molecule is CCCCCCCCCCCCCCCCC(OC=O)C(=O)OC. The number of ether oxygens (including phenoxy) is 2. The Balaban J connectivity index is 3.29. The lowest BCUT2D eigenvalue weighted by Gasteiger charge is -2.12. The van der Waals surface area contributed by atoms with Crippen molar-refractivity contribution >= 4 is 12.4 Å². The number of carbonyl (C=O) groups is 2. The Morgan fingerprint density at radius 2 is 1.21 bits per heavy atom. The van der Waals surface area contributed by atoms with E-state index in [0.29, 0.717) is 12.9 Å². The van der Waals surface area contributed by atoms with E-state index in [2.05, 4.69) is 11.7 Å². The molecule has 0 fully saturated rings. The summed E-state index contributed by atoms with van der Waals surface area (Å²) in [5.41, 5.74) is 0. The number of esters is 1. The predicted octanol–water partition coefficient (Wildman–Crippen LogP) is 5.57. The normalized spacial score (nSPS) is 11.9. The third-order valence-corrected chi connectivity index (χ3v) is 4.50. The van der Waals surface area contributed by atoms with Crippen molar-refractivity contribution in [1.29, 1.82) is 0 Å². The molecule has 1 unspecified atom stereocenters. The topological polar surface area (TPSA) is 52.6 Å². The van der Waals surface area contributed by atoms with E-state index in [-0.39, 0.29) is 0 Å². The zero-order chi connectivity index (χ0) is 17.9. The van der Waals surface area contributed by atoms with Gasteiger partial charge in [0.25, 0.3) is 6.47 Å². The number of carbonyl (C=O) groups excluding carboxylic acids is 2. The molecule has 0 aromatic rings. The van der Waals surface area contributed by atoms with Gasteiger partial charge in [0.2, 0.25) is 0 Å². The van der Waals surface area contributed by atoms with E-state index < -0.39 is 12.1 Å². The summed E-state index contributed by atoms with van der Waals surface area (Å²) < 4.78 is 9.36. The molecular weight excluding hydrogens is 304 g/mol. The molecule has 0 N–H and O–H groups in total. The van der Waals surface area contributed by atoms with Gasteiger partial charge in [-0.15, -0.1) is 0 Å². The van der Waals surface area contributed by atoms with Crippen molar-refractivity contribution in [3.8, 4) is 0 Å². The number of hydrogen-bond acceptors (Lipinski definition) is 4. The molecule has 0 bridgehead atoms. The summed E-state index contributed by atoms with van der Waals surface area (Å²) in [5.74, 6) is -0.461. The zero-order valence-corrected chi connectivity index (χ0v) is 15.9. The Hall–Kier alpha value is -1.06. The van der Waals surface area contributed by atoms with Gasteiger partial charge in [-0.05, 0) is 12.8 Å². The van der Waals surface area contributed by atoms with Crippen molar-refractivity contribution in [3.05, 3.63) is 0 Å². The average molecular weight is 343 g/mol. The second-order valence-corrected chi connectivity index (χ2v) is 6.63. The van der Waals surface area contributed by atoms with Crippen molar-refractivity contribution in [2.75, 3.05) is 7.11 Å². The van der Waals surface area contributed by atoms with Crippen molar-refractivity contribution < 1.29 is 19.1 Å². The van der Waals surface area contributed by atoms with Gasteiger partial charge in [-0.1, -0.05) is 90.4 Å². The number of unbranched alkanes of at least 4 members (excludes halogenated alkanes) is 13. The van der Waals surface area contributed by atoms with Gasteiger partial charge in [0.15, 0.2) is 6.10 Å². The number of methoxy groups -OCH3 is 1. The van der Waals surface area contributed by atoms with Crippen LogP contribution in [0.5, 0.6) is 0 Å². The first-order chi connectivity index (χ1) is 11.8. The molecule has 1 atom stereocenters. The smallest absolute Gasteiger partial charge is 0.347 e. The van der Waals surface area contributed by atoms with Crippen LogP contribution in [-0.2, 0) is 19.1 Å². The lowest BCUT2D eigenvalue weighted by molar-refractivity contribution is -0.159. The van der Waals surface area contributed by atoms with Crippen LogP contribution in [0.25, 0.3) is 0 Å². The summed E-state index contributed by atoms with van der Waals surface area (Å²) >= 11 is 0. The summed E-state index contributed by atoms with van der Waals surface area (Å²) in [7, 11) is 1.31. The summed E-state index contributed by atoms with van der Waals surface area (Å²) in [5, 5.41) is 0. The molecule has 0 aliphatic rings. The summed E-state index contributed by atoms with van der Waals surface area (Å²) in [4.78, 5) is 21.7. The molecule has 0 saturated carbocycles. The van der Waals surface area contributed by atoms with E-state index in [0.717, 1.165) is 12.8 Å². The molecule has 0 aromatic carbocycles. The molecule has 0 aliphatic carbocycles. The maximum absolute atomic E-state index is 11.4. The van der Waals surface area contributed by atoms with Gasteiger partial charge in [0.1, 0.15) is 0 Å². The average Bonchev–Trinajstić information content (AvgIpc) is 2.60. The van der Waals surface area contributed by atoms with Crippen LogP contribution in [0.1, 0.15) is 103 Å². The molecule has 0 radical (unpaired) electrons. The highest BCUT2D eigenvalue weighted by Gasteiger charge is 2.19. The molecule has 24 heavy (non-hydrogen) atoms. The van der Waals surface area contributed by atoms with Crippen LogP contribution in [0.4, 0.5) is 0 Å². The van der Waals surface area contributed by atoms with Gasteiger partial charge >= 0.3 is 5.97 Å². The Morgan fingerprint density at radius 1 is 0.792 bits per heavy atom. The second kappa shape index (κ2) is 18.3. The maximum atomic E-state index is 11.4. The van der Waals surface area contributed by atoms with Crippen LogP contribution in [0, 0.1) is 0 Å². The maximum Gasteiger partial charge on any atom is 0.347 e. The zero-order valence-electron chi connectivity index (χ0n) is 15.9. The fourth-order valence-electron chi connectivity index (χ4n) is 2.96. The summed E-state index contributed by atoms with van der Waals surface area (Å²) in [6.45, 7) is 2.59. The lowest BCUT2D eigenvalue weighted by atomic mass is 10.0. The minimum atomic E-state index is -0.732. The summed E-state index contributed by atoms with van der Waals surface area (Å²) in [6, 6.07) is 0. The van der Waals surface area contributed by atoms with Crippen LogP contribution in [0.2, 0.25) is 0 Å². The largest absolute Gasteiger partial charge is 0.466 e. The molecule has 0 amide bonds. The van der Waals surface area contributed by atoms with Crippen LogP contribution in [-0.4, -0.2) is 25.7 Å². The standard InChI is InChI=1S/C20H38O4/c1-3-4-5-6-7-8-9-10-11-12-13-14-15-16-17-19(24-18-21)20(22)23-2/h18-19H,3-17H2,1-2H3. The minimum absolute atomic E-state index is 0.325. The molecule has 0 rings (SSSR count). The lowest BCUT2D eigenvalue weighted by Crippen LogP contribution is -2.25. The minimum Gasteiger partial charge on any atom is -0.466 e. The molecule has 0 aliphatic heterocycles. The fraction of sp³-hybridized carbons (Fsp3) is 0.900. The van der Waals surface area contributed by atoms with Crippen molar-refractivity contribution in [3.63, 3.8) is 0 Å². The van der Waals surface area contributed by atoms with Gasteiger partial charge < -0.3 is 9.47 Å². The molecule has 4 nitrogen and oxygen atoms in total. The first kappa shape index (κ1) is 22.9. The summed E-state index contributed by atoms with van der Waals surface area (Å²) in [6.07, 6.45) is 18.0. The van der Waals surface area contributed by atoms with Gasteiger partial charge in [-0.3, -0.25) is 4.79 Å². The Kier molecular flexibility index (Phi) is 17.5. The number of rotatable bonds is 18. The Bertz CT molecular complexity index is 291. The van der Waals surface area contributed by atoms with Crippen molar-refractivity contribution in [2.45, 2.75) is 109 Å². The molecule has 142 valence electrons. The van der Waals surface area contributed by atoms with E-state index in [1.165, 1.54) is 84.2 Å². The van der Waals surface area contributed by atoms with E-state index in [4.69, 9.17) is 4.74 Å². The third-order valence-electron chi connectivity index (χ3n) is 4.50. The molecular formula is C20H38O4. The Labute approximate surface area is 148 Å². The fourth-order valence-corrected chi connectivity index (χ4v) is 2.96. The van der Waals surface area contributed by atoms with E-state index >= 15 is 0 Å². The molecule has 0 spiro atoms. The highest BCUT2D eigenvalue weighted by Crippen LogP contribution is 2.14. The third kappa shape index (κ3) is 14.5. The predicted molar refractivity (Wildman–Crippen MR) is 97.9 cm³/mol. The molecule has 4 heteroatoms. The Morgan fingerprint density at radius 3 is 1.58 bits per heavy atom. The first-order valence-electron chi connectivity index (χ1n) is 9.93. The highest BCUT2D eigenvalue weighted by atomic mass is 16.6. The quantitative estimate of drug-likeness (QED) is 0.185. The van der Waals surface area contributed by atoms with Crippen LogP contribution < -0.4 is 0 Å². The van der Waals surface area contributed by atoms with Crippen molar-refractivity contribution in [1.82, 2.24) is 0 Å². The van der Waals surface area contributed by atoms with Gasteiger partial charge in [0, 0.05) is 0 Å². The highest BCUT2D eigenvalue weighted by molar-refractivity contribution is 5.75. The van der Waals surface area contributed by atoms with E-state index in [1.807, 2.05) is 0 Å². The number of hydrogen-bond donors (Lipinski definition) is 0. The first-order valence-corrected chi connectivity index (χ1v) is 9.93. The molecule has 0 saturated heterocycles. The van der Waals surface area contributed by atoms with E-state index in [9.17, 15) is 9.59 Å². The second-order valence-electron chi connectivity index (χ2n) is 6.63. The monoisotopic (exact) mass is 342 g/mol. The van der Waals surface area contributed by atoms with Gasteiger partial charge in [-0.25, -0.2) is 4.79 Å². The van der Waals surface area contributed by atoms with Crippen LogP contribution in [0.3, 0.4) is 0 Å². The molecule has 0 heterocycles. The van der Waals surface area contributed by atoms with Gasteiger partial charge in [0.05, 0.1) is 7.11 Å².